The van der Waals surface area contributed by atoms with E-state index in [4.69, 9.17) is 33.4 Å². The Morgan fingerprint density at radius 1 is 0.679 bits per heavy atom. The number of benzene rings is 2. The average molecular weight is 412 g/mol. The molecule has 3 nitrogen and oxygen atoms in total. The Morgan fingerprint density at radius 3 is 1.32 bits per heavy atom. The molecule has 2 aliphatic carbocycles. The molecule has 0 saturated heterocycles. The second kappa shape index (κ2) is 6.60. The van der Waals surface area contributed by atoms with Gasteiger partial charge in [0.2, 0.25) is 0 Å². The molecule has 2 saturated carbocycles. The smallest absolute Gasteiger partial charge is 0.143 e. The lowest BCUT2D eigenvalue weighted by Gasteiger charge is -2.43. The molecule has 0 atom stereocenters. The van der Waals surface area contributed by atoms with Gasteiger partial charge in [-0.25, -0.2) is 0 Å². The largest absolute Gasteiger partial charge is 0.317 e. The van der Waals surface area contributed by atoms with Crippen molar-refractivity contribution in [3.05, 3.63) is 81.4 Å². The minimum Gasteiger partial charge on any atom is -0.317 e. The number of halogens is 2. The van der Waals surface area contributed by atoms with Crippen molar-refractivity contribution in [3.63, 3.8) is 0 Å². The molecule has 0 unspecified atom stereocenters. The van der Waals surface area contributed by atoms with Gasteiger partial charge in [0.1, 0.15) is 11.6 Å². The first kappa shape index (κ1) is 18.2. The predicted octanol–water partition coefficient (Wildman–Crippen LogP) is 6.06. The summed E-state index contributed by atoms with van der Waals surface area (Å²) in [6, 6.07) is 16.5. The van der Waals surface area contributed by atoms with Crippen molar-refractivity contribution in [2.45, 2.75) is 49.4 Å². The summed E-state index contributed by atoms with van der Waals surface area (Å²) in [6.45, 7) is 0. The molecule has 0 N–H and O–H groups in total. The number of hydrogen-bond acceptors (Lipinski definition) is 2. The van der Waals surface area contributed by atoms with Crippen LogP contribution in [0, 0.1) is 0 Å². The van der Waals surface area contributed by atoms with Crippen molar-refractivity contribution in [2.75, 3.05) is 0 Å². The molecule has 0 radical (unpaired) electrons. The fourth-order valence-electron chi connectivity index (χ4n) is 5.04. The van der Waals surface area contributed by atoms with E-state index in [-0.39, 0.29) is 10.8 Å². The predicted molar refractivity (Wildman–Crippen MR) is 113 cm³/mol. The molecule has 2 fully saturated rings. The molecule has 144 valence electrons. The summed E-state index contributed by atoms with van der Waals surface area (Å²) in [7, 11) is 2.14. The van der Waals surface area contributed by atoms with Gasteiger partial charge in [-0.1, -0.05) is 60.3 Å². The van der Waals surface area contributed by atoms with E-state index in [1.807, 2.05) is 24.3 Å². The fourth-order valence-corrected chi connectivity index (χ4v) is 5.30. The van der Waals surface area contributed by atoms with Gasteiger partial charge in [-0.05, 0) is 61.1 Å². The van der Waals surface area contributed by atoms with Gasteiger partial charge >= 0.3 is 0 Å². The molecular weight excluding hydrogens is 389 g/mol. The highest BCUT2D eigenvalue weighted by atomic mass is 35.5. The van der Waals surface area contributed by atoms with Crippen LogP contribution in [-0.2, 0) is 17.9 Å². The molecule has 0 amide bonds. The quantitative estimate of drug-likeness (QED) is 0.521. The highest BCUT2D eigenvalue weighted by Crippen LogP contribution is 2.52. The maximum atomic E-state index is 6.13. The summed E-state index contributed by atoms with van der Waals surface area (Å²) in [5.74, 6) is 2.16. The van der Waals surface area contributed by atoms with Gasteiger partial charge in [-0.15, -0.1) is 10.2 Å². The Bertz CT molecular complexity index is 916. The van der Waals surface area contributed by atoms with E-state index in [1.165, 1.54) is 24.0 Å². The lowest BCUT2D eigenvalue weighted by atomic mass is 9.62. The van der Waals surface area contributed by atoms with E-state index in [9.17, 15) is 0 Å². The van der Waals surface area contributed by atoms with Crippen LogP contribution >= 0.6 is 23.2 Å². The lowest BCUT2D eigenvalue weighted by molar-refractivity contribution is 0.262. The first-order valence-electron chi connectivity index (χ1n) is 9.98. The zero-order valence-electron chi connectivity index (χ0n) is 16.0. The van der Waals surface area contributed by atoms with Gasteiger partial charge in [0.25, 0.3) is 0 Å². The van der Waals surface area contributed by atoms with Crippen LogP contribution in [0.15, 0.2) is 48.5 Å². The maximum absolute atomic E-state index is 6.13. The Kier molecular flexibility index (Phi) is 4.29. The van der Waals surface area contributed by atoms with E-state index >= 15 is 0 Å². The normalized spacial score (nSPS) is 19.7. The minimum atomic E-state index is -0.0461. The SMILES string of the molecule is Cn1c(C2(c3ccc(Cl)cc3)CCC2)nnc1C1(c2ccc(Cl)cc2)CCC1. The van der Waals surface area contributed by atoms with Gasteiger partial charge < -0.3 is 4.57 Å². The molecule has 0 bridgehead atoms. The molecular formula is C23H23Cl2N3. The number of nitrogens with zero attached hydrogens (tertiary/aromatic N) is 3. The van der Waals surface area contributed by atoms with Gasteiger partial charge in [0.15, 0.2) is 0 Å². The van der Waals surface area contributed by atoms with Gasteiger partial charge in [0.05, 0.1) is 10.8 Å². The van der Waals surface area contributed by atoms with E-state index in [0.29, 0.717) is 0 Å². The number of rotatable bonds is 4. The Hall–Kier alpha value is -1.84. The van der Waals surface area contributed by atoms with Crippen molar-refractivity contribution in [1.29, 1.82) is 0 Å². The second-order valence-electron chi connectivity index (χ2n) is 8.29. The molecule has 2 aromatic carbocycles. The first-order chi connectivity index (χ1) is 13.6. The average Bonchev–Trinajstić information content (AvgIpc) is 2.99. The monoisotopic (exact) mass is 411 g/mol. The summed E-state index contributed by atoms with van der Waals surface area (Å²) in [5.41, 5.74) is 2.49. The van der Waals surface area contributed by atoms with Crippen LogP contribution in [0.4, 0.5) is 0 Å². The third-order valence-electron chi connectivity index (χ3n) is 6.94. The summed E-state index contributed by atoms with van der Waals surface area (Å²) in [6.07, 6.45) is 6.85. The van der Waals surface area contributed by atoms with E-state index in [2.05, 4.69) is 35.9 Å². The van der Waals surface area contributed by atoms with Gasteiger partial charge in [0, 0.05) is 17.1 Å². The topological polar surface area (TPSA) is 30.7 Å². The molecule has 0 spiro atoms. The zero-order valence-corrected chi connectivity index (χ0v) is 17.5. The Morgan fingerprint density at radius 2 is 1.04 bits per heavy atom. The van der Waals surface area contributed by atoms with Crippen LogP contribution in [0.2, 0.25) is 10.0 Å². The van der Waals surface area contributed by atoms with Crippen molar-refractivity contribution < 1.29 is 0 Å². The molecule has 3 aromatic rings. The molecule has 1 aromatic heterocycles. The molecule has 5 heteroatoms. The standard InChI is InChI=1S/C23H23Cl2N3/c1-28-20(22(12-2-13-22)16-4-8-18(24)9-5-16)26-27-21(28)23(14-3-15-23)17-6-10-19(25)11-7-17/h4-11H,2-3,12-15H2,1H3. The summed E-state index contributed by atoms with van der Waals surface area (Å²) < 4.78 is 2.27. The Labute approximate surface area is 175 Å². The molecule has 5 rings (SSSR count). The highest BCUT2D eigenvalue weighted by Gasteiger charge is 2.48. The highest BCUT2D eigenvalue weighted by molar-refractivity contribution is 6.30. The Balaban J connectivity index is 1.59. The summed E-state index contributed by atoms with van der Waals surface area (Å²) in [4.78, 5) is 0. The zero-order chi connectivity index (χ0) is 19.4. The third-order valence-corrected chi connectivity index (χ3v) is 7.44. The van der Waals surface area contributed by atoms with Crippen molar-refractivity contribution >= 4 is 23.2 Å². The van der Waals surface area contributed by atoms with E-state index in [0.717, 1.165) is 47.4 Å². The summed E-state index contributed by atoms with van der Waals surface area (Å²) >= 11 is 12.3. The minimum absolute atomic E-state index is 0.0461. The van der Waals surface area contributed by atoms with Crippen molar-refractivity contribution in [3.8, 4) is 0 Å². The lowest BCUT2D eigenvalue weighted by Crippen LogP contribution is -2.41. The molecule has 28 heavy (non-hydrogen) atoms. The third kappa shape index (κ3) is 2.56. The summed E-state index contributed by atoms with van der Waals surface area (Å²) in [5, 5.41) is 11.0. The molecule has 1 heterocycles. The van der Waals surface area contributed by atoms with Gasteiger partial charge in [-0.2, -0.15) is 0 Å². The van der Waals surface area contributed by atoms with Crippen LogP contribution in [0.1, 0.15) is 61.3 Å². The van der Waals surface area contributed by atoms with Crippen LogP contribution in [0.5, 0.6) is 0 Å². The van der Waals surface area contributed by atoms with Crippen LogP contribution in [0.25, 0.3) is 0 Å². The van der Waals surface area contributed by atoms with E-state index < -0.39 is 0 Å². The fraction of sp³-hybridized carbons (Fsp3) is 0.391. The van der Waals surface area contributed by atoms with Crippen molar-refractivity contribution in [1.82, 2.24) is 14.8 Å². The second-order valence-corrected chi connectivity index (χ2v) is 9.16. The molecule has 0 aliphatic heterocycles. The number of aromatic nitrogens is 3. The van der Waals surface area contributed by atoms with Crippen LogP contribution in [0.3, 0.4) is 0 Å². The first-order valence-corrected chi connectivity index (χ1v) is 10.7. The van der Waals surface area contributed by atoms with E-state index in [1.54, 1.807) is 0 Å². The number of hydrogen-bond donors (Lipinski definition) is 0. The molecule has 2 aliphatic rings. The van der Waals surface area contributed by atoms with Crippen LogP contribution in [-0.4, -0.2) is 14.8 Å². The van der Waals surface area contributed by atoms with Gasteiger partial charge in [-0.3, -0.25) is 0 Å². The van der Waals surface area contributed by atoms with Crippen LogP contribution < -0.4 is 0 Å². The van der Waals surface area contributed by atoms with Crippen molar-refractivity contribution in [2.24, 2.45) is 7.05 Å². The maximum Gasteiger partial charge on any atom is 0.143 e.